The van der Waals surface area contributed by atoms with Crippen molar-refractivity contribution < 1.29 is 22.8 Å². The number of rotatable bonds is 10. The van der Waals surface area contributed by atoms with Crippen molar-refractivity contribution in [2.24, 2.45) is 0 Å². The smallest absolute Gasteiger partial charge is 0.353 e. The zero-order valence-electron chi connectivity index (χ0n) is 23.5. The Morgan fingerprint density at radius 3 is 2.39 bits per heavy atom. The van der Waals surface area contributed by atoms with E-state index in [2.05, 4.69) is 20.8 Å². The first-order valence-electron chi connectivity index (χ1n) is 14.5. The molecule has 0 radical (unpaired) electrons. The highest BCUT2D eigenvalue weighted by molar-refractivity contribution is 5.94. The molecule has 2 heterocycles. The lowest BCUT2D eigenvalue weighted by Gasteiger charge is -2.27. The van der Waals surface area contributed by atoms with Crippen LogP contribution in [0.5, 0.6) is 0 Å². The second kappa shape index (κ2) is 12.1. The van der Waals surface area contributed by atoms with E-state index < -0.39 is 23.7 Å². The number of aryl methyl sites for hydroxylation is 3. The van der Waals surface area contributed by atoms with Crippen LogP contribution < -0.4 is 10.6 Å². The topological polar surface area (TPSA) is 93.8 Å². The molecule has 0 bridgehead atoms. The van der Waals surface area contributed by atoms with Gasteiger partial charge in [0, 0.05) is 36.3 Å². The summed E-state index contributed by atoms with van der Waals surface area (Å²) in [6.45, 7) is 4.36. The quantitative estimate of drug-likeness (QED) is 0.325. The van der Waals surface area contributed by atoms with Crippen LogP contribution >= 0.6 is 0 Å². The molecule has 5 rings (SSSR count). The molecule has 1 atom stereocenters. The van der Waals surface area contributed by atoms with E-state index in [0.29, 0.717) is 13.0 Å². The Hall–Kier alpha value is -3.63. The van der Waals surface area contributed by atoms with Crippen LogP contribution in [0.4, 0.5) is 13.2 Å². The third kappa shape index (κ3) is 6.82. The molecule has 11 heteroatoms. The zero-order chi connectivity index (χ0) is 29.1. The van der Waals surface area contributed by atoms with E-state index in [9.17, 15) is 22.8 Å². The maximum absolute atomic E-state index is 13.9. The summed E-state index contributed by atoms with van der Waals surface area (Å²) < 4.78 is 45.2. The van der Waals surface area contributed by atoms with Crippen molar-refractivity contribution in [2.75, 3.05) is 0 Å². The lowest BCUT2D eigenvalue weighted by molar-refractivity contribution is -0.137. The van der Waals surface area contributed by atoms with Gasteiger partial charge in [-0.05, 0) is 70.6 Å². The molecule has 3 aromatic rings. The van der Waals surface area contributed by atoms with Crippen LogP contribution in [0, 0.1) is 13.8 Å². The molecule has 220 valence electrons. The van der Waals surface area contributed by atoms with Gasteiger partial charge in [0.15, 0.2) is 5.69 Å². The molecule has 2 saturated carbocycles. The third-order valence-corrected chi connectivity index (χ3v) is 8.18. The minimum absolute atomic E-state index is 0.000552. The molecule has 2 aromatic heterocycles. The lowest BCUT2D eigenvalue weighted by Crippen LogP contribution is -2.44. The lowest BCUT2D eigenvalue weighted by atomic mass is 9.93. The van der Waals surface area contributed by atoms with Crippen LogP contribution in [0.25, 0.3) is 11.3 Å². The predicted molar refractivity (Wildman–Crippen MR) is 148 cm³/mol. The molecule has 8 nitrogen and oxygen atoms in total. The van der Waals surface area contributed by atoms with Crippen LogP contribution in [0.2, 0.25) is 0 Å². The van der Waals surface area contributed by atoms with E-state index in [-0.39, 0.29) is 41.4 Å². The SMILES string of the molecule is Cc1cc(C)n(CC[C@@H](CC(=O)NC2CCC2)NC(=O)c2cc(-c3ccccc3C(F)(F)F)n(C3CCCC3)n2)n1. The van der Waals surface area contributed by atoms with Crippen molar-refractivity contribution in [1.29, 1.82) is 0 Å². The summed E-state index contributed by atoms with van der Waals surface area (Å²) in [6.07, 6.45) is 2.48. The molecule has 0 saturated heterocycles. The Kier molecular flexibility index (Phi) is 8.51. The Morgan fingerprint density at radius 1 is 1.02 bits per heavy atom. The van der Waals surface area contributed by atoms with Gasteiger partial charge in [-0.15, -0.1) is 0 Å². The summed E-state index contributed by atoms with van der Waals surface area (Å²) in [7, 11) is 0. The van der Waals surface area contributed by atoms with Gasteiger partial charge in [-0.1, -0.05) is 31.0 Å². The number of carbonyl (C=O) groups is 2. The third-order valence-electron chi connectivity index (χ3n) is 8.18. The van der Waals surface area contributed by atoms with Gasteiger partial charge in [0.1, 0.15) is 0 Å². The first-order chi connectivity index (χ1) is 19.6. The fraction of sp³-hybridized carbons (Fsp3) is 0.533. The molecule has 2 amide bonds. The van der Waals surface area contributed by atoms with Crippen molar-refractivity contribution >= 4 is 11.8 Å². The molecular formula is C30H37F3N6O2. The van der Waals surface area contributed by atoms with E-state index >= 15 is 0 Å². The van der Waals surface area contributed by atoms with E-state index in [1.54, 1.807) is 10.7 Å². The number of carbonyl (C=O) groups excluding carboxylic acids is 2. The first kappa shape index (κ1) is 28.9. The summed E-state index contributed by atoms with van der Waals surface area (Å²) in [5.74, 6) is -0.646. The summed E-state index contributed by atoms with van der Waals surface area (Å²) in [5, 5.41) is 15.0. The van der Waals surface area contributed by atoms with Crippen molar-refractivity contribution in [3.05, 3.63) is 59.0 Å². The standard InChI is InChI=1S/C30H37F3N6O2/c1-19-16-20(2)38(36-19)15-14-22(17-28(40)34-21-8-7-9-21)35-29(41)26-18-27(39(37-26)23-10-3-4-11-23)24-12-5-6-13-25(24)30(31,32)33/h5-6,12-13,16,18,21-23H,3-4,7-11,14-15,17H2,1-2H3,(H,34,40)(H,35,41)/t22-/m0/s1. The molecule has 0 aliphatic heterocycles. The highest BCUT2D eigenvalue weighted by Crippen LogP contribution is 2.40. The number of halogens is 3. The monoisotopic (exact) mass is 570 g/mol. The molecule has 2 fully saturated rings. The average molecular weight is 571 g/mol. The normalized spacial score (nSPS) is 16.9. The number of nitrogens with one attached hydrogen (secondary N) is 2. The van der Waals surface area contributed by atoms with Crippen LogP contribution in [-0.4, -0.2) is 43.5 Å². The number of hydrogen-bond acceptors (Lipinski definition) is 4. The fourth-order valence-corrected chi connectivity index (χ4v) is 5.81. The van der Waals surface area contributed by atoms with Gasteiger partial charge >= 0.3 is 6.18 Å². The first-order valence-corrected chi connectivity index (χ1v) is 14.5. The zero-order valence-corrected chi connectivity index (χ0v) is 23.5. The molecule has 2 aliphatic carbocycles. The molecule has 41 heavy (non-hydrogen) atoms. The number of benzene rings is 1. The average Bonchev–Trinajstić information content (AvgIpc) is 3.64. The predicted octanol–water partition coefficient (Wildman–Crippen LogP) is 5.74. The Labute approximate surface area is 237 Å². The van der Waals surface area contributed by atoms with Gasteiger partial charge in [-0.3, -0.25) is 19.0 Å². The van der Waals surface area contributed by atoms with Gasteiger partial charge in [0.2, 0.25) is 5.91 Å². The minimum Gasteiger partial charge on any atom is -0.353 e. The van der Waals surface area contributed by atoms with Gasteiger partial charge < -0.3 is 10.6 Å². The number of aromatic nitrogens is 4. The molecule has 2 N–H and O–H groups in total. The van der Waals surface area contributed by atoms with Gasteiger partial charge in [-0.2, -0.15) is 23.4 Å². The Balaban J connectivity index is 1.40. The number of amides is 2. The van der Waals surface area contributed by atoms with Crippen LogP contribution in [-0.2, 0) is 17.5 Å². The molecule has 2 aliphatic rings. The number of hydrogen-bond donors (Lipinski definition) is 2. The van der Waals surface area contributed by atoms with E-state index in [0.717, 1.165) is 62.4 Å². The number of alkyl halides is 3. The van der Waals surface area contributed by atoms with Crippen LogP contribution in [0.3, 0.4) is 0 Å². The van der Waals surface area contributed by atoms with Crippen molar-refractivity contribution in [3.8, 4) is 11.3 Å². The molecule has 0 unspecified atom stereocenters. The van der Waals surface area contributed by atoms with Gasteiger partial charge in [0.25, 0.3) is 5.91 Å². The van der Waals surface area contributed by atoms with Crippen molar-refractivity contribution in [3.63, 3.8) is 0 Å². The van der Waals surface area contributed by atoms with E-state index in [1.807, 2.05) is 24.6 Å². The highest BCUT2D eigenvalue weighted by Gasteiger charge is 2.35. The molecular weight excluding hydrogens is 533 g/mol. The molecule has 0 spiro atoms. The summed E-state index contributed by atoms with van der Waals surface area (Å²) in [4.78, 5) is 26.3. The Morgan fingerprint density at radius 2 is 1.76 bits per heavy atom. The molecule has 1 aromatic carbocycles. The summed E-state index contributed by atoms with van der Waals surface area (Å²) in [6, 6.07) is 8.40. The van der Waals surface area contributed by atoms with Gasteiger partial charge in [-0.25, -0.2) is 0 Å². The maximum atomic E-state index is 13.9. The van der Waals surface area contributed by atoms with E-state index in [4.69, 9.17) is 0 Å². The second-order valence-corrected chi connectivity index (χ2v) is 11.3. The fourth-order valence-electron chi connectivity index (χ4n) is 5.81. The van der Waals surface area contributed by atoms with Crippen molar-refractivity contribution in [1.82, 2.24) is 30.2 Å². The minimum atomic E-state index is -4.55. The maximum Gasteiger partial charge on any atom is 0.417 e. The van der Waals surface area contributed by atoms with Gasteiger partial charge in [0.05, 0.1) is 23.0 Å². The summed E-state index contributed by atoms with van der Waals surface area (Å²) in [5.41, 5.74) is 1.42. The largest absolute Gasteiger partial charge is 0.417 e. The van der Waals surface area contributed by atoms with Crippen LogP contribution in [0.15, 0.2) is 36.4 Å². The van der Waals surface area contributed by atoms with Crippen molar-refractivity contribution in [2.45, 2.75) is 102 Å². The second-order valence-electron chi connectivity index (χ2n) is 11.3. The highest BCUT2D eigenvalue weighted by atomic mass is 19.4. The Bertz CT molecular complexity index is 1390. The van der Waals surface area contributed by atoms with E-state index in [1.165, 1.54) is 18.2 Å². The van der Waals surface area contributed by atoms with Crippen LogP contribution in [0.1, 0.15) is 91.3 Å². The number of nitrogens with zero attached hydrogens (tertiary/aromatic N) is 4. The summed E-state index contributed by atoms with van der Waals surface area (Å²) >= 11 is 0.